The van der Waals surface area contributed by atoms with Crippen LogP contribution in [0, 0.1) is 5.92 Å². The molecule has 7 heteroatoms. The molecule has 3 N–H and O–H groups in total. The van der Waals surface area contributed by atoms with Crippen LogP contribution >= 0.6 is 0 Å². The lowest BCUT2D eigenvalue weighted by Crippen LogP contribution is -2.32. The van der Waals surface area contributed by atoms with Gasteiger partial charge in [-0.25, -0.2) is 13.1 Å². The van der Waals surface area contributed by atoms with Crippen molar-refractivity contribution in [3.8, 4) is 0 Å². The van der Waals surface area contributed by atoms with E-state index < -0.39 is 10.0 Å². The lowest BCUT2D eigenvalue weighted by Gasteiger charge is -2.22. The number of nitrogens with one attached hydrogen (secondary N) is 1. The number of rotatable bonds is 5. The van der Waals surface area contributed by atoms with Crippen molar-refractivity contribution in [3.05, 3.63) is 42.1 Å². The molecular formula is C14H20N4O2S. The average Bonchev–Trinajstić information content (AvgIpc) is 2.77. The van der Waals surface area contributed by atoms with Crippen molar-refractivity contribution in [1.29, 1.82) is 0 Å². The first kappa shape index (κ1) is 15.5. The summed E-state index contributed by atoms with van der Waals surface area (Å²) in [7, 11) is -2.09. The van der Waals surface area contributed by atoms with Crippen LogP contribution in [0.5, 0.6) is 0 Å². The molecule has 0 saturated heterocycles. The third-order valence-electron chi connectivity index (χ3n) is 3.22. The first-order chi connectivity index (χ1) is 9.81. The number of sulfonamides is 1. The second kappa shape index (κ2) is 5.87. The van der Waals surface area contributed by atoms with E-state index in [0.717, 1.165) is 5.56 Å². The fourth-order valence-electron chi connectivity index (χ4n) is 2.17. The van der Waals surface area contributed by atoms with Crippen molar-refractivity contribution in [1.82, 2.24) is 14.5 Å². The molecule has 1 heterocycles. The Labute approximate surface area is 125 Å². The highest BCUT2D eigenvalue weighted by Gasteiger charge is 2.26. The van der Waals surface area contributed by atoms with Gasteiger partial charge in [-0.05, 0) is 11.5 Å². The summed E-state index contributed by atoms with van der Waals surface area (Å²) in [6.45, 7) is 3.93. The topological polar surface area (TPSA) is 90.0 Å². The minimum absolute atomic E-state index is 0.000526. The first-order valence-electron chi connectivity index (χ1n) is 6.67. The minimum Gasteiger partial charge on any atom is -0.381 e. The van der Waals surface area contributed by atoms with Crippen LogP contribution in [0.25, 0.3) is 0 Å². The van der Waals surface area contributed by atoms with E-state index in [0.29, 0.717) is 0 Å². The average molecular weight is 308 g/mol. The van der Waals surface area contributed by atoms with Crippen LogP contribution in [0.1, 0.15) is 25.5 Å². The van der Waals surface area contributed by atoms with Gasteiger partial charge in [-0.3, -0.25) is 4.68 Å². The lowest BCUT2D eigenvalue weighted by atomic mass is 9.97. The maximum atomic E-state index is 12.5. The number of benzene rings is 1. The molecule has 0 fully saturated rings. The molecular weight excluding hydrogens is 288 g/mol. The van der Waals surface area contributed by atoms with Crippen molar-refractivity contribution in [2.24, 2.45) is 13.0 Å². The molecule has 2 rings (SSSR count). The Kier molecular flexibility index (Phi) is 4.34. The highest BCUT2D eigenvalue weighted by atomic mass is 32.2. The van der Waals surface area contributed by atoms with Crippen LogP contribution in [0.2, 0.25) is 0 Å². The third-order valence-corrected chi connectivity index (χ3v) is 4.68. The maximum Gasteiger partial charge on any atom is 0.246 e. The Bertz CT molecular complexity index is 708. The van der Waals surface area contributed by atoms with Gasteiger partial charge < -0.3 is 5.73 Å². The summed E-state index contributed by atoms with van der Waals surface area (Å²) in [4.78, 5) is 0.00609. The Hall–Kier alpha value is -1.86. The molecule has 1 aromatic heterocycles. The molecule has 114 valence electrons. The van der Waals surface area contributed by atoms with Crippen LogP contribution in [0.4, 0.5) is 5.82 Å². The fraction of sp³-hybridized carbons (Fsp3) is 0.357. The Morgan fingerprint density at radius 3 is 2.33 bits per heavy atom. The van der Waals surface area contributed by atoms with Crippen molar-refractivity contribution in [3.63, 3.8) is 0 Å². The number of hydrogen-bond acceptors (Lipinski definition) is 4. The largest absolute Gasteiger partial charge is 0.381 e. The summed E-state index contributed by atoms with van der Waals surface area (Å²) >= 11 is 0. The van der Waals surface area contributed by atoms with Crippen molar-refractivity contribution in [2.75, 3.05) is 5.73 Å². The zero-order valence-corrected chi connectivity index (χ0v) is 13.1. The first-order valence-corrected chi connectivity index (χ1v) is 8.16. The summed E-state index contributed by atoms with van der Waals surface area (Å²) in [5.41, 5.74) is 6.58. The molecule has 2 aromatic rings. The summed E-state index contributed by atoms with van der Waals surface area (Å²) in [5.74, 6) is 0.0978. The third kappa shape index (κ3) is 3.43. The van der Waals surface area contributed by atoms with Crippen LogP contribution in [0.15, 0.2) is 41.4 Å². The smallest absolute Gasteiger partial charge is 0.246 e. The van der Waals surface area contributed by atoms with Gasteiger partial charge in [0.05, 0.1) is 0 Å². The van der Waals surface area contributed by atoms with E-state index in [1.54, 1.807) is 7.05 Å². The maximum absolute atomic E-state index is 12.5. The van der Waals surface area contributed by atoms with Gasteiger partial charge in [-0.15, -0.1) is 0 Å². The predicted octanol–water partition coefficient (Wildman–Crippen LogP) is 1.68. The Morgan fingerprint density at radius 1 is 1.24 bits per heavy atom. The van der Waals surface area contributed by atoms with E-state index in [1.807, 2.05) is 44.2 Å². The predicted molar refractivity (Wildman–Crippen MR) is 82.0 cm³/mol. The van der Waals surface area contributed by atoms with E-state index in [2.05, 4.69) is 9.82 Å². The van der Waals surface area contributed by atoms with Crippen LogP contribution < -0.4 is 10.5 Å². The monoisotopic (exact) mass is 308 g/mol. The highest BCUT2D eigenvalue weighted by Crippen LogP contribution is 2.25. The number of anilines is 1. The number of aryl methyl sites for hydroxylation is 1. The molecule has 6 nitrogen and oxygen atoms in total. The Balaban J connectivity index is 2.35. The molecule has 0 bridgehead atoms. The van der Waals surface area contributed by atoms with E-state index in [-0.39, 0.29) is 22.7 Å². The second-order valence-electron chi connectivity index (χ2n) is 5.31. The number of nitrogen functional groups attached to an aromatic ring is 1. The molecule has 0 radical (unpaired) electrons. The van der Waals surface area contributed by atoms with E-state index in [9.17, 15) is 8.42 Å². The molecule has 0 aliphatic rings. The van der Waals surface area contributed by atoms with Crippen LogP contribution in [0.3, 0.4) is 0 Å². The zero-order chi connectivity index (χ0) is 15.6. The van der Waals surface area contributed by atoms with Gasteiger partial charge in [0.1, 0.15) is 4.90 Å². The summed E-state index contributed by atoms with van der Waals surface area (Å²) in [6.07, 6.45) is 1.40. The SMILES string of the molecule is CC(C)C(NS(=O)(=O)c1cn(C)nc1N)c1ccccc1. The van der Waals surface area contributed by atoms with E-state index in [1.165, 1.54) is 10.9 Å². The van der Waals surface area contributed by atoms with E-state index >= 15 is 0 Å². The second-order valence-corrected chi connectivity index (χ2v) is 6.99. The van der Waals surface area contributed by atoms with E-state index in [4.69, 9.17) is 5.73 Å². The summed E-state index contributed by atoms with van der Waals surface area (Å²) in [5, 5.41) is 3.88. The fourth-order valence-corrected chi connectivity index (χ4v) is 3.65. The van der Waals surface area contributed by atoms with Gasteiger partial charge >= 0.3 is 0 Å². The van der Waals surface area contributed by atoms with Crippen LogP contribution in [-0.2, 0) is 17.1 Å². The molecule has 0 amide bonds. The van der Waals surface area contributed by atoms with Gasteiger partial charge in [0.2, 0.25) is 10.0 Å². The van der Waals surface area contributed by atoms with Gasteiger partial charge in [-0.1, -0.05) is 44.2 Å². The highest BCUT2D eigenvalue weighted by molar-refractivity contribution is 7.89. The summed E-state index contributed by atoms with van der Waals surface area (Å²) in [6, 6.07) is 9.15. The Morgan fingerprint density at radius 2 is 1.86 bits per heavy atom. The number of nitrogens with zero attached hydrogens (tertiary/aromatic N) is 2. The quantitative estimate of drug-likeness (QED) is 0.879. The molecule has 0 aliphatic carbocycles. The van der Waals surface area contributed by atoms with Crippen molar-refractivity contribution < 1.29 is 8.42 Å². The summed E-state index contributed by atoms with van der Waals surface area (Å²) < 4.78 is 29.1. The molecule has 1 aromatic carbocycles. The number of aromatic nitrogens is 2. The van der Waals surface area contributed by atoms with Gasteiger partial charge in [0.15, 0.2) is 5.82 Å². The van der Waals surface area contributed by atoms with Crippen molar-refractivity contribution >= 4 is 15.8 Å². The van der Waals surface area contributed by atoms with Gasteiger partial charge in [0.25, 0.3) is 0 Å². The molecule has 21 heavy (non-hydrogen) atoms. The standard InChI is InChI=1S/C14H20N4O2S/c1-10(2)13(11-7-5-4-6-8-11)17-21(19,20)12-9-18(3)16-14(12)15/h4-10,13,17H,1-3H3,(H2,15,16). The zero-order valence-electron chi connectivity index (χ0n) is 12.3. The molecule has 0 saturated carbocycles. The lowest BCUT2D eigenvalue weighted by molar-refractivity contribution is 0.463. The normalized spacial score (nSPS) is 13.5. The number of hydrogen-bond donors (Lipinski definition) is 2. The molecule has 0 aliphatic heterocycles. The van der Waals surface area contributed by atoms with Crippen molar-refractivity contribution in [2.45, 2.75) is 24.8 Å². The molecule has 1 unspecified atom stereocenters. The van der Waals surface area contributed by atoms with Crippen LogP contribution in [-0.4, -0.2) is 18.2 Å². The van der Waals surface area contributed by atoms with Gasteiger partial charge in [0, 0.05) is 19.3 Å². The van der Waals surface area contributed by atoms with Gasteiger partial charge in [-0.2, -0.15) is 5.10 Å². The minimum atomic E-state index is -3.72. The number of nitrogens with two attached hydrogens (primary N) is 1. The molecule has 0 spiro atoms. The molecule has 1 atom stereocenters.